The number of H-pyrrole nitrogens is 1. The van der Waals surface area contributed by atoms with Gasteiger partial charge in [-0.2, -0.15) is 0 Å². The maximum atomic E-state index is 12.2. The average molecular weight is 357 g/mol. The first-order chi connectivity index (χ1) is 12.2. The Kier molecular flexibility index (Phi) is 4.40. The van der Waals surface area contributed by atoms with Crippen LogP contribution in [-0.2, 0) is 4.79 Å². The summed E-state index contributed by atoms with van der Waals surface area (Å²) in [6, 6.07) is 5.43. The van der Waals surface area contributed by atoms with Gasteiger partial charge in [-0.3, -0.25) is 9.78 Å². The van der Waals surface area contributed by atoms with E-state index in [9.17, 15) is 9.59 Å². The molecule has 0 aliphatic heterocycles. The number of nitrogens with zero attached hydrogens (tertiary/aromatic N) is 1. The SMILES string of the molecule is O=C(CC1CCCCC1)Nc1nc(-c2ccc3[nH]c(=O)oc3c2)cs1. The number of rotatable bonds is 4. The summed E-state index contributed by atoms with van der Waals surface area (Å²) in [4.78, 5) is 30.5. The van der Waals surface area contributed by atoms with E-state index in [1.165, 1.54) is 30.6 Å². The summed E-state index contributed by atoms with van der Waals surface area (Å²) in [6.45, 7) is 0. The Bertz CT molecular complexity index is 950. The fourth-order valence-electron chi connectivity index (χ4n) is 3.39. The molecule has 1 aliphatic carbocycles. The number of amides is 1. The lowest BCUT2D eigenvalue weighted by Crippen LogP contribution is -2.18. The van der Waals surface area contributed by atoms with Crippen LogP contribution in [0.5, 0.6) is 0 Å². The van der Waals surface area contributed by atoms with Gasteiger partial charge in [0.15, 0.2) is 10.7 Å². The lowest BCUT2D eigenvalue weighted by molar-refractivity contribution is -0.117. The second kappa shape index (κ2) is 6.84. The maximum absolute atomic E-state index is 12.2. The summed E-state index contributed by atoms with van der Waals surface area (Å²) >= 11 is 1.40. The topological polar surface area (TPSA) is 88.0 Å². The summed E-state index contributed by atoms with van der Waals surface area (Å²) in [5, 5.41) is 5.40. The molecule has 1 aromatic carbocycles. The van der Waals surface area contributed by atoms with Crippen LogP contribution in [0.4, 0.5) is 5.13 Å². The molecule has 7 heteroatoms. The number of hydrogen-bond acceptors (Lipinski definition) is 5. The minimum atomic E-state index is -0.471. The van der Waals surface area contributed by atoms with Crippen LogP contribution in [0, 0.1) is 5.92 Å². The summed E-state index contributed by atoms with van der Waals surface area (Å²) < 4.78 is 5.08. The predicted octanol–water partition coefficient (Wildman–Crippen LogP) is 4.15. The largest absolute Gasteiger partial charge is 0.417 e. The number of fused-ring (bicyclic) bond motifs is 1. The van der Waals surface area contributed by atoms with E-state index in [0.29, 0.717) is 28.6 Å². The van der Waals surface area contributed by atoms with Gasteiger partial charge in [0.2, 0.25) is 5.91 Å². The van der Waals surface area contributed by atoms with Crippen LogP contribution in [0.1, 0.15) is 38.5 Å². The van der Waals surface area contributed by atoms with E-state index in [2.05, 4.69) is 15.3 Å². The number of hydrogen-bond donors (Lipinski definition) is 2. The Morgan fingerprint density at radius 2 is 2.16 bits per heavy atom. The normalized spacial score (nSPS) is 15.5. The van der Waals surface area contributed by atoms with Crippen molar-refractivity contribution in [3.63, 3.8) is 0 Å². The maximum Gasteiger partial charge on any atom is 0.417 e. The van der Waals surface area contributed by atoms with Crippen molar-refractivity contribution in [3.8, 4) is 11.3 Å². The van der Waals surface area contributed by atoms with E-state index in [0.717, 1.165) is 24.1 Å². The molecule has 2 N–H and O–H groups in total. The fourth-order valence-corrected chi connectivity index (χ4v) is 4.13. The van der Waals surface area contributed by atoms with Gasteiger partial charge in [-0.1, -0.05) is 25.3 Å². The lowest BCUT2D eigenvalue weighted by atomic mass is 9.87. The van der Waals surface area contributed by atoms with E-state index >= 15 is 0 Å². The highest BCUT2D eigenvalue weighted by molar-refractivity contribution is 7.14. The van der Waals surface area contributed by atoms with Crippen molar-refractivity contribution in [2.24, 2.45) is 5.92 Å². The quantitative estimate of drug-likeness (QED) is 0.734. The average Bonchev–Trinajstić information content (AvgIpc) is 3.20. The first-order valence-corrected chi connectivity index (χ1v) is 9.44. The van der Waals surface area contributed by atoms with Gasteiger partial charge in [0.05, 0.1) is 11.2 Å². The van der Waals surface area contributed by atoms with Gasteiger partial charge in [0, 0.05) is 17.4 Å². The summed E-state index contributed by atoms with van der Waals surface area (Å²) in [5.74, 6) is 0.0769. The zero-order chi connectivity index (χ0) is 17.2. The van der Waals surface area contributed by atoms with E-state index in [1.807, 2.05) is 11.4 Å². The van der Waals surface area contributed by atoms with Crippen LogP contribution in [0.25, 0.3) is 22.4 Å². The van der Waals surface area contributed by atoms with Crippen LogP contribution in [0.15, 0.2) is 32.8 Å². The molecule has 3 aromatic rings. The molecule has 25 heavy (non-hydrogen) atoms. The molecule has 2 heterocycles. The molecule has 0 atom stereocenters. The van der Waals surface area contributed by atoms with Crippen LogP contribution in [0.3, 0.4) is 0 Å². The van der Waals surface area contributed by atoms with E-state index in [-0.39, 0.29) is 5.91 Å². The smallest absolute Gasteiger partial charge is 0.408 e. The van der Waals surface area contributed by atoms with Gasteiger partial charge in [-0.25, -0.2) is 9.78 Å². The minimum absolute atomic E-state index is 0.0416. The molecule has 0 bridgehead atoms. The highest BCUT2D eigenvalue weighted by Gasteiger charge is 2.18. The number of carbonyl (C=O) groups is 1. The second-order valence-electron chi connectivity index (χ2n) is 6.52. The van der Waals surface area contributed by atoms with Gasteiger partial charge in [-0.15, -0.1) is 11.3 Å². The monoisotopic (exact) mass is 357 g/mol. The molecule has 130 valence electrons. The van der Waals surface area contributed by atoms with Crippen molar-refractivity contribution in [3.05, 3.63) is 34.1 Å². The number of nitrogens with one attached hydrogen (secondary N) is 2. The van der Waals surface area contributed by atoms with Gasteiger partial charge in [0.25, 0.3) is 0 Å². The molecular weight excluding hydrogens is 338 g/mol. The molecule has 1 fully saturated rings. The third kappa shape index (κ3) is 3.66. The molecule has 6 nitrogen and oxygen atoms in total. The molecule has 0 unspecified atom stereocenters. The van der Waals surface area contributed by atoms with Crippen LogP contribution >= 0.6 is 11.3 Å². The first-order valence-electron chi connectivity index (χ1n) is 8.56. The third-order valence-corrected chi connectivity index (χ3v) is 5.42. The van der Waals surface area contributed by atoms with Gasteiger partial charge in [0.1, 0.15) is 0 Å². The zero-order valence-corrected chi connectivity index (χ0v) is 14.5. The molecule has 0 spiro atoms. The highest BCUT2D eigenvalue weighted by Crippen LogP contribution is 2.29. The van der Waals surface area contributed by atoms with Crippen molar-refractivity contribution in [1.29, 1.82) is 0 Å². The minimum Gasteiger partial charge on any atom is -0.408 e. The number of benzene rings is 1. The third-order valence-electron chi connectivity index (χ3n) is 4.67. The van der Waals surface area contributed by atoms with Crippen molar-refractivity contribution < 1.29 is 9.21 Å². The Morgan fingerprint density at radius 1 is 1.32 bits per heavy atom. The van der Waals surface area contributed by atoms with Gasteiger partial charge < -0.3 is 9.73 Å². The molecule has 4 rings (SSSR count). The Morgan fingerprint density at radius 3 is 3.00 bits per heavy atom. The zero-order valence-electron chi connectivity index (χ0n) is 13.7. The number of thiazole rings is 1. The Labute approximate surface area is 148 Å². The van der Waals surface area contributed by atoms with Crippen molar-refractivity contribution in [1.82, 2.24) is 9.97 Å². The predicted molar refractivity (Wildman–Crippen MR) is 97.8 cm³/mol. The van der Waals surface area contributed by atoms with Crippen LogP contribution < -0.4 is 11.1 Å². The molecular formula is C18H19N3O3S. The number of aromatic amines is 1. The number of carbonyl (C=O) groups excluding carboxylic acids is 1. The first kappa shape index (κ1) is 16.1. The summed E-state index contributed by atoms with van der Waals surface area (Å²) in [6.07, 6.45) is 6.64. The van der Waals surface area contributed by atoms with Crippen LogP contribution in [0.2, 0.25) is 0 Å². The molecule has 0 radical (unpaired) electrons. The van der Waals surface area contributed by atoms with Crippen molar-refractivity contribution in [2.75, 3.05) is 5.32 Å². The summed E-state index contributed by atoms with van der Waals surface area (Å²) in [5.41, 5.74) is 2.76. The number of oxazole rings is 1. The highest BCUT2D eigenvalue weighted by atomic mass is 32.1. The van der Waals surface area contributed by atoms with Gasteiger partial charge in [-0.05, 0) is 30.9 Å². The molecule has 0 saturated heterocycles. The van der Waals surface area contributed by atoms with E-state index in [4.69, 9.17) is 4.42 Å². The Balaban J connectivity index is 1.45. The second-order valence-corrected chi connectivity index (χ2v) is 7.38. The molecule has 1 saturated carbocycles. The summed E-state index contributed by atoms with van der Waals surface area (Å²) in [7, 11) is 0. The van der Waals surface area contributed by atoms with Crippen molar-refractivity contribution in [2.45, 2.75) is 38.5 Å². The number of anilines is 1. The van der Waals surface area contributed by atoms with Crippen LogP contribution in [-0.4, -0.2) is 15.9 Å². The standard InChI is InChI=1S/C18H19N3O3S/c22-16(8-11-4-2-1-3-5-11)21-17-19-14(10-25-17)12-6-7-13-15(9-12)24-18(23)20-13/h6-7,9-11H,1-5,8H2,(H,20,23)(H,19,21,22). The molecule has 1 aliphatic rings. The lowest BCUT2D eigenvalue weighted by Gasteiger charge is -2.20. The Hall–Kier alpha value is -2.41. The van der Waals surface area contributed by atoms with Crippen molar-refractivity contribution >= 4 is 33.5 Å². The molecule has 2 aromatic heterocycles. The fraction of sp³-hybridized carbons (Fsp3) is 0.389. The molecule has 1 amide bonds. The van der Waals surface area contributed by atoms with E-state index in [1.54, 1.807) is 12.1 Å². The van der Waals surface area contributed by atoms with Gasteiger partial charge >= 0.3 is 5.76 Å². The number of aromatic nitrogens is 2. The van der Waals surface area contributed by atoms with E-state index < -0.39 is 5.76 Å².